The molecule has 0 aromatic heterocycles. The molecule has 1 fully saturated rings. The number of rotatable bonds is 5. The highest BCUT2D eigenvalue weighted by molar-refractivity contribution is 9.08. The Balaban J connectivity index is 1.79. The number of hydrogen-bond donors (Lipinski definition) is 0. The molecule has 1 aromatic rings. The third kappa shape index (κ3) is 3.22. The van der Waals surface area contributed by atoms with E-state index in [1.807, 2.05) is 18.2 Å². The van der Waals surface area contributed by atoms with Crippen molar-refractivity contribution in [3.63, 3.8) is 0 Å². The summed E-state index contributed by atoms with van der Waals surface area (Å²) in [6.45, 7) is 1.66. The predicted octanol–water partition coefficient (Wildman–Crippen LogP) is 3.53. The summed E-state index contributed by atoms with van der Waals surface area (Å²) in [6.07, 6.45) is 3.79. The minimum atomic E-state index is 0.413. The molecule has 0 spiro atoms. The Morgan fingerprint density at radius 3 is 3.00 bits per heavy atom. The summed E-state index contributed by atoms with van der Waals surface area (Å²) < 4.78 is 11.3. The number of halogens is 1. The van der Waals surface area contributed by atoms with Gasteiger partial charge in [0.05, 0.1) is 12.7 Å². The van der Waals surface area contributed by atoms with Gasteiger partial charge in [-0.15, -0.1) is 0 Å². The van der Waals surface area contributed by atoms with Gasteiger partial charge < -0.3 is 9.47 Å². The minimum absolute atomic E-state index is 0.413. The Morgan fingerprint density at radius 1 is 1.38 bits per heavy atom. The van der Waals surface area contributed by atoms with Gasteiger partial charge in [0.25, 0.3) is 0 Å². The molecule has 1 unspecified atom stereocenters. The second kappa shape index (κ2) is 6.26. The lowest BCUT2D eigenvalue weighted by atomic mass is 10.2. The van der Waals surface area contributed by atoms with Crippen LogP contribution in [0.2, 0.25) is 0 Å². The topological polar surface area (TPSA) is 18.5 Å². The lowest BCUT2D eigenvalue weighted by Crippen LogP contribution is -2.11. The van der Waals surface area contributed by atoms with Gasteiger partial charge in [0.15, 0.2) is 0 Å². The maximum absolute atomic E-state index is 5.78. The van der Waals surface area contributed by atoms with Crippen molar-refractivity contribution in [1.82, 2.24) is 0 Å². The number of para-hydroxylation sites is 1. The second-order valence-electron chi connectivity index (χ2n) is 4.01. The number of benzene rings is 1. The van der Waals surface area contributed by atoms with Crippen molar-refractivity contribution in [2.45, 2.75) is 30.7 Å². The lowest BCUT2D eigenvalue weighted by molar-refractivity contribution is 0.0902. The molecule has 0 saturated carbocycles. The van der Waals surface area contributed by atoms with Gasteiger partial charge in [0, 0.05) is 23.9 Å². The highest BCUT2D eigenvalue weighted by Crippen LogP contribution is 2.21. The number of ether oxygens (including phenoxy) is 2. The molecule has 1 heterocycles. The Kier molecular flexibility index (Phi) is 4.67. The maximum Gasteiger partial charge on any atom is 0.123 e. The van der Waals surface area contributed by atoms with E-state index in [4.69, 9.17) is 9.47 Å². The quantitative estimate of drug-likeness (QED) is 0.770. The van der Waals surface area contributed by atoms with Crippen molar-refractivity contribution in [2.75, 3.05) is 13.2 Å². The first kappa shape index (κ1) is 11.9. The normalized spacial score (nSPS) is 19.9. The third-order valence-electron chi connectivity index (χ3n) is 2.84. The summed E-state index contributed by atoms with van der Waals surface area (Å²) >= 11 is 3.46. The van der Waals surface area contributed by atoms with Crippen LogP contribution < -0.4 is 4.74 Å². The molecule has 1 saturated heterocycles. The van der Waals surface area contributed by atoms with Crippen molar-refractivity contribution < 1.29 is 9.47 Å². The summed E-state index contributed by atoms with van der Waals surface area (Å²) in [5.74, 6) is 0.984. The van der Waals surface area contributed by atoms with Crippen LogP contribution in [-0.4, -0.2) is 19.3 Å². The van der Waals surface area contributed by atoms with Gasteiger partial charge in [-0.2, -0.15) is 0 Å². The van der Waals surface area contributed by atoms with Crippen molar-refractivity contribution >= 4 is 15.9 Å². The van der Waals surface area contributed by atoms with E-state index >= 15 is 0 Å². The fourth-order valence-electron chi connectivity index (χ4n) is 1.93. The SMILES string of the molecule is BrCc1ccccc1OCCC1CCCO1. The zero-order chi connectivity index (χ0) is 11.2. The molecule has 16 heavy (non-hydrogen) atoms. The molecule has 1 aromatic carbocycles. The average Bonchev–Trinajstić information content (AvgIpc) is 2.83. The molecule has 0 bridgehead atoms. The maximum atomic E-state index is 5.78. The van der Waals surface area contributed by atoms with Crippen molar-refractivity contribution in [1.29, 1.82) is 0 Å². The monoisotopic (exact) mass is 284 g/mol. The molecule has 2 nitrogen and oxygen atoms in total. The predicted molar refractivity (Wildman–Crippen MR) is 68.2 cm³/mol. The Labute approximate surface area is 105 Å². The van der Waals surface area contributed by atoms with Crippen LogP contribution >= 0.6 is 15.9 Å². The molecular weight excluding hydrogens is 268 g/mol. The third-order valence-corrected chi connectivity index (χ3v) is 3.44. The van der Waals surface area contributed by atoms with E-state index in [2.05, 4.69) is 22.0 Å². The van der Waals surface area contributed by atoms with E-state index in [1.54, 1.807) is 0 Å². The molecular formula is C13H17BrO2. The van der Waals surface area contributed by atoms with Crippen LogP contribution in [0, 0.1) is 0 Å². The average molecular weight is 285 g/mol. The summed E-state index contributed by atoms with van der Waals surface area (Å²) in [7, 11) is 0. The molecule has 0 radical (unpaired) electrons. The van der Waals surface area contributed by atoms with Crippen LogP contribution in [0.5, 0.6) is 5.75 Å². The molecule has 0 amide bonds. The van der Waals surface area contributed by atoms with Gasteiger partial charge in [-0.3, -0.25) is 0 Å². The van der Waals surface area contributed by atoms with Gasteiger partial charge in [-0.25, -0.2) is 0 Å². The molecule has 0 N–H and O–H groups in total. The van der Waals surface area contributed by atoms with Gasteiger partial charge in [0.2, 0.25) is 0 Å². The van der Waals surface area contributed by atoms with E-state index in [9.17, 15) is 0 Å². The van der Waals surface area contributed by atoms with E-state index in [1.165, 1.54) is 18.4 Å². The Morgan fingerprint density at radius 2 is 2.25 bits per heavy atom. The summed E-state index contributed by atoms with van der Waals surface area (Å²) in [5.41, 5.74) is 1.20. The van der Waals surface area contributed by atoms with E-state index < -0.39 is 0 Å². The van der Waals surface area contributed by atoms with Crippen LogP contribution in [0.3, 0.4) is 0 Å². The Bertz CT molecular complexity index is 321. The molecule has 88 valence electrons. The molecule has 1 atom stereocenters. The van der Waals surface area contributed by atoms with Crippen molar-refractivity contribution in [3.05, 3.63) is 29.8 Å². The van der Waals surface area contributed by atoms with Gasteiger partial charge in [-0.05, 0) is 18.9 Å². The summed E-state index contributed by atoms with van der Waals surface area (Å²) in [5, 5.41) is 0.836. The van der Waals surface area contributed by atoms with Crippen molar-refractivity contribution in [3.8, 4) is 5.75 Å². The number of hydrogen-bond acceptors (Lipinski definition) is 2. The molecule has 2 rings (SSSR count). The van der Waals surface area contributed by atoms with Gasteiger partial charge >= 0.3 is 0 Å². The van der Waals surface area contributed by atoms with Crippen LogP contribution in [0.25, 0.3) is 0 Å². The highest BCUT2D eigenvalue weighted by Gasteiger charge is 2.15. The smallest absolute Gasteiger partial charge is 0.123 e. The van der Waals surface area contributed by atoms with Crippen molar-refractivity contribution in [2.24, 2.45) is 0 Å². The summed E-state index contributed by atoms with van der Waals surface area (Å²) in [4.78, 5) is 0. The molecule has 0 aliphatic carbocycles. The van der Waals surface area contributed by atoms with E-state index in [0.29, 0.717) is 6.10 Å². The van der Waals surface area contributed by atoms with Gasteiger partial charge in [0.1, 0.15) is 5.75 Å². The van der Waals surface area contributed by atoms with E-state index in [0.717, 1.165) is 30.7 Å². The number of alkyl halides is 1. The first-order valence-corrected chi connectivity index (χ1v) is 6.90. The largest absolute Gasteiger partial charge is 0.493 e. The van der Waals surface area contributed by atoms with Crippen LogP contribution in [0.15, 0.2) is 24.3 Å². The zero-order valence-electron chi connectivity index (χ0n) is 9.32. The fourth-order valence-corrected chi connectivity index (χ4v) is 2.39. The van der Waals surface area contributed by atoms with Crippen LogP contribution in [-0.2, 0) is 10.1 Å². The lowest BCUT2D eigenvalue weighted by Gasteiger charge is -2.12. The molecule has 1 aliphatic heterocycles. The zero-order valence-corrected chi connectivity index (χ0v) is 10.9. The van der Waals surface area contributed by atoms with Crippen LogP contribution in [0.1, 0.15) is 24.8 Å². The summed E-state index contributed by atoms with van der Waals surface area (Å²) in [6, 6.07) is 8.14. The fraction of sp³-hybridized carbons (Fsp3) is 0.538. The molecule has 1 aliphatic rings. The highest BCUT2D eigenvalue weighted by atomic mass is 79.9. The first-order chi connectivity index (χ1) is 7.90. The second-order valence-corrected chi connectivity index (χ2v) is 4.57. The standard InChI is InChI=1S/C13H17BrO2/c14-10-11-4-1-2-6-13(11)16-9-7-12-5-3-8-15-12/h1-2,4,6,12H,3,5,7-10H2. The first-order valence-electron chi connectivity index (χ1n) is 5.78. The van der Waals surface area contributed by atoms with Crippen LogP contribution in [0.4, 0.5) is 0 Å². The van der Waals surface area contributed by atoms with Gasteiger partial charge in [-0.1, -0.05) is 34.1 Å². The molecule has 3 heteroatoms. The van der Waals surface area contributed by atoms with E-state index in [-0.39, 0.29) is 0 Å². The minimum Gasteiger partial charge on any atom is -0.493 e. The Hall–Kier alpha value is -0.540.